The highest BCUT2D eigenvalue weighted by atomic mass is 79.9. The van der Waals surface area contributed by atoms with Crippen LogP contribution in [0.2, 0.25) is 0 Å². The maximum Gasteiger partial charge on any atom is 0.227 e. The van der Waals surface area contributed by atoms with E-state index in [1.54, 1.807) is 23.1 Å². The number of carbonyl (C=O) groups is 1. The molecule has 1 atom stereocenters. The molecule has 0 bridgehead atoms. The van der Waals surface area contributed by atoms with Crippen LogP contribution in [0.4, 0.5) is 5.69 Å². The average molecular weight is 314 g/mol. The number of rotatable bonds is 2. The zero-order valence-electron chi connectivity index (χ0n) is 8.99. The molecule has 2 rings (SSSR count). The lowest BCUT2D eigenvalue weighted by Gasteiger charge is -2.16. The van der Waals surface area contributed by atoms with E-state index in [1.807, 2.05) is 0 Å². The molecule has 0 radical (unpaired) electrons. The molecule has 1 heterocycles. The second-order valence-corrected chi connectivity index (χ2v) is 5.17. The first-order valence-electron chi connectivity index (χ1n) is 5.21. The Balaban J connectivity index is 2.27. The van der Waals surface area contributed by atoms with E-state index in [2.05, 4.69) is 22.0 Å². The lowest BCUT2D eigenvalue weighted by Crippen LogP contribution is -2.24. The third kappa shape index (κ3) is 2.46. The largest absolute Gasteiger partial charge is 0.312 e. The molecule has 1 saturated heterocycles. The van der Waals surface area contributed by atoms with Crippen LogP contribution in [0.5, 0.6) is 0 Å². The topological polar surface area (TPSA) is 44.1 Å². The fraction of sp³-hybridized carbons (Fsp3) is 0.333. The van der Waals surface area contributed by atoms with Gasteiger partial charge in [0.25, 0.3) is 0 Å². The molecule has 1 aromatic carbocycles. The van der Waals surface area contributed by atoms with Crippen LogP contribution in [-0.4, -0.2) is 18.3 Å². The molecule has 0 aromatic heterocycles. The van der Waals surface area contributed by atoms with E-state index in [4.69, 9.17) is 16.9 Å². The third-order valence-corrected chi connectivity index (χ3v) is 3.90. The van der Waals surface area contributed by atoms with E-state index in [9.17, 15) is 4.79 Å². The summed E-state index contributed by atoms with van der Waals surface area (Å²) in [5, 5.41) is 8.83. The second kappa shape index (κ2) is 5.07. The first kappa shape index (κ1) is 12.4. The number of carbonyl (C=O) groups excluding carboxylic acids is 1. The van der Waals surface area contributed by atoms with Crippen LogP contribution in [0.15, 0.2) is 22.7 Å². The number of halogens is 2. The molecule has 1 aliphatic heterocycles. The maximum atomic E-state index is 11.8. The predicted octanol–water partition coefficient (Wildman–Crippen LogP) is 2.91. The molecule has 1 amide bonds. The van der Waals surface area contributed by atoms with Crippen molar-refractivity contribution in [3.63, 3.8) is 0 Å². The Hall–Kier alpha value is -1.05. The van der Waals surface area contributed by atoms with Crippen LogP contribution in [0.25, 0.3) is 0 Å². The summed E-state index contributed by atoms with van der Waals surface area (Å²) in [6, 6.07) is 7.37. The normalized spacial score (nSPS) is 19.5. The summed E-state index contributed by atoms with van der Waals surface area (Å²) >= 11 is 9.09. The Morgan fingerprint density at radius 3 is 2.88 bits per heavy atom. The maximum absolute atomic E-state index is 11.8. The van der Waals surface area contributed by atoms with Crippen LogP contribution in [0.1, 0.15) is 12.0 Å². The van der Waals surface area contributed by atoms with Crippen molar-refractivity contribution in [3.05, 3.63) is 28.2 Å². The number of hydrogen-bond donors (Lipinski definition) is 0. The van der Waals surface area contributed by atoms with E-state index in [0.29, 0.717) is 28.9 Å². The van der Waals surface area contributed by atoms with Gasteiger partial charge in [-0.3, -0.25) is 4.79 Å². The van der Waals surface area contributed by atoms with Gasteiger partial charge in [-0.2, -0.15) is 5.26 Å². The van der Waals surface area contributed by atoms with Crippen molar-refractivity contribution in [3.8, 4) is 6.07 Å². The van der Waals surface area contributed by atoms with Crippen molar-refractivity contribution in [1.29, 1.82) is 5.26 Å². The minimum Gasteiger partial charge on any atom is -0.312 e. The first-order valence-corrected chi connectivity index (χ1v) is 6.54. The molecule has 0 N–H and O–H groups in total. The molecular formula is C12H10BrClN2O. The Morgan fingerprint density at radius 2 is 2.35 bits per heavy atom. The Bertz CT molecular complexity index is 498. The zero-order valence-corrected chi connectivity index (χ0v) is 11.3. The zero-order chi connectivity index (χ0) is 12.4. The highest BCUT2D eigenvalue weighted by Gasteiger charge is 2.30. The van der Waals surface area contributed by atoms with Crippen molar-refractivity contribution in [2.45, 2.75) is 6.42 Å². The lowest BCUT2D eigenvalue weighted by atomic mass is 10.1. The van der Waals surface area contributed by atoms with Crippen molar-refractivity contribution in [1.82, 2.24) is 0 Å². The summed E-state index contributed by atoms with van der Waals surface area (Å²) in [6.45, 7) is 0.653. The van der Waals surface area contributed by atoms with Gasteiger partial charge in [0.05, 0.1) is 5.56 Å². The van der Waals surface area contributed by atoms with Gasteiger partial charge in [-0.1, -0.05) is 0 Å². The van der Waals surface area contributed by atoms with Crippen molar-refractivity contribution in [2.75, 3.05) is 17.3 Å². The second-order valence-electron chi connectivity index (χ2n) is 4.00. The fourth-order valence-electron chi connectivity index (χ4n) is 1.90. The van der Waals surface area contributed by atoms with Gasteiger partial charge in [0.15, 0.2) is 0 Å². The van der Waals surface area contributed by atoms with Crippen LogP contribution < -0.4 is 4.90 Å². The molecular weight excluding hydrogens is 304 g/mol. The number of nitrogens with zero attached hydrogens (tertiary/aromatic N) is 2. The molecule has 1 aromatic rings. The van der Waals surface area contributed by atoms with Gasteiger partial charge < -0.3 is 4.90 Å². The van der Waals surface area contributed by atoms with Gasteiger partial charge in [0, 0.05) is 29.0 Å². The average Bonchev–Trinajstić information content (AvgIpc) is 2.70. The van der Waals surface area contributed by atoms with E-state index in [-0.39, 0.29) is 11.8 Å². The molecule has 0 saturated carbocycles. The molecule has 88 valence electrons. The summed E-state index contributed by atoms with van der Waals surface area (Å²) in [5.41, 5.74) is 1.38. The van der Waals surface area contributed by atoms with Gasteiger partial charge in [-0.05, 0) is 40.0 Å². The number of anilines is 1. The van der Waals surface area contributed by atoms with Gasteiger partial charge in [-0.15, -0.1) is 11.6 Å². The van der Waals surface area contributed by atoms with E-state index in [0.717, 1.165) is 5.69 Å². The minimum atomic E-state index is 0.0901. The first-order chi connectivity index (χ1) is 8.15. The summed E-state index contributed by atoms with van der Waals surface area (Å²) < 4.78 is 0.708. The summed E-state index contributed by atoms with van der Waals surface area (Å²) in [4.78, 5) is 13.5. The van der Waals surface area contributed by atoms with Crippen molar-refractivity contribution in [2.24, 2.45) is 5.92 Å². The highest BCUT2D eigenvalue weighted by molar-refractivity contribution is 9.10. The number of alkyl halides is 1. The Labute approximate surface area is 113 Å². The van der Waals surface area contributed by atoms with E-state index in [1.165, 1.54) is 0 Å². The van der Waals surface area contributed by atoms with Crippen molar-refractivity contribution < 1.29 is 4.79 Å². The third-order valence-electron chi connectivity index (χ3n) is 2.81. The van der Waals surface area contributed by atoms with E-state index >= 15 is 0 Å². The number of amides is 1. The van der Waals surface area contributed by atoms with Gasteiger partial charge in [0.2, 0.25) is 5.91 Å². The standard InChI is InChI=1S/C12H10BrClN2O/c13-11-4-10(2-1-9(11)6-15)16-7-8(5-14)3-12(16)17/h1-2,4,8H,3,5,7H2. The van der Waals surface area contributed by atoms with Gasteiger partial charge >= 0.3 is 0 Å². The smallest absolute Gasteiger partial charge is 0.227 e. The highest BCUT2D eigenvalue weighted by Crippen LogP contribution is 2.29. The fourth-order valence-corrected chi connectivity index (χ4v) is 2.56. The molecule has 0 aliphatic carbocycles. The molecule has 1 fully saturated rings. The predicted molar refractivity (Wildman–Crippen MR) is 70.0 cm³/mol. The van der Waals surface area contributed by atoms with Crippen molar-refractivity contribution >= 4 is 39.1 Å². The monoisotopic (exact) mass is 312 g/mol. The summed E-state index contributed by atoms with van der Waals surface area (Å²) in [5.74, 6) is 0.811. The van der Waals surface area contributed by atoms with Crippen LogP contribution >= 0.6 is 27.5 Å². The quantitative estimate of drug-likeness (QED) is 0.788. The van der Waals surface area contributed by atoms with Crippen LogP contribution in [-0.2, 0) is 4.79 Å². The summed E-state index contributed by atoms with van der Waals surface area (Å²) in [7, 11) is 0. The van der Waals surface area contributed by atoms with E-state index < -0.39 is 0 Å². The van der Waals surface area contributed by atoms with Crippen LogP contribution in [0, 0.1) is 17.2 Å². The van der Waals surface area contributed by atoms with Gasteiger partial charge in [0.1, 0.15) is 6.07 Å². The Kier molecular flexibility index (Phi) is 3.70. The summed E-state index contributed by atoms with van der Waals surface area (Å²) in [6.07, 6.45) is 0.501. The molecule has 17 heavy (non-hydrogen) atoms. The number of nitriles is 1. The molecule has 5 heteroatoms. The number of benzene rings is 1. The van der Waals surface area contributed by atoms with Crippen LogP contribution in [0.3, 0.4) is 0 Å². The SMILES string of the molecule is N#Cc1ccc(N2CC(CCl)CC2=O)cc1Br. The minimum absolute atomic E-state index is 0.0901. The molecule has 1 aliphatic rings. The number of hydrogen-bond acceptors (Lipinski definition) is 2. The molecule has 1 unspecified atom stereocenters. The molecule has 0 spiro atoms. The lowest BCUT2D eigenvalue weighted by molar-refractivity contribution is -0.117. The molecule has 3 nitrogen and oxygen atoms in total. The Morgan fingerprint density at radius 1 is 1.59 bits per heavy atom. The van der Waals surface area contributed by atoms with Gasteiger partial charge in [-0.25, -0.2) is 0 Å².